The number of nitrogens with one attached hydrogen (secondary N) is 2. The highest BCUT2D eigenvalue weighted by Gasteiger charge is 2.51. The number of nitrogens with zero attached hydrogens (tertiary/aromatic N) is 3. The summed E-state index contributed by atoms with van der Waals surface area (Å²) in [6.45, 7) is 2.14. The molecule has 0 bridgehead atoms. The van der Waals surface area contributed by atoms with Crippen molar-refractivity contribution >= 4 is 11.9 Å². The molecule has 1 spiro atoms. The van der Waals surface area contributed by atoms with E-state index in [-0.39, 0.29) is 24.6 Å². The second-order valence-electron chi connectivity index (χ2n) is 6.20. The van der Waals surface area contributed by atoms with Gasteiger partial charge in [-0.05, 0) is 38.8 Å². The second kappa shape index (κ2) is 5.57. The van der Waals surface area contributed by atoms with Gasteiger partial charge in [-0.25, -0.2) is 4.79 Å². The summed E-state index contributed by atoms with van der Waals surface area (Å²) >= 11 is 0. The van der Waals surface area contributed by atoms with Gasteiger partial charge >= 0.3 is 6.03 Å². The van der Waals surface area contributed by atoms with Crippen LogP contribution in [0, 0.1) is 0 Å². The minimum absolute atomic E-state index is 0.0239. The van der Waals surface area contributed by atoms with Gasteiger partial charge in [0.25, 0.3) is 11.8 Å². The van der Waals surface area contributed by atoms with Crippen molar-refractivity contribution in [2.24, 2.45) is 0 Å². The van der Waals surface area contributed by atoms with Crippen LogP contribution in [0.15, 0.2) is 4.52 Å². The van der Waals surface area contributed by atoms with Crippen molar-refractivity contribution in [2.75, 3.05) is 19.7 Å². The minimum Gasteiger partial charge on any atom is -0.368 e. The molecular formula is C14H19N5O4. The predicted octanol–water partition coefficient (Wildman–Crippen LogP) is 0.0951. The molecule has 2 N–H and O–H groups in total. The van der Waals surface area contributed by atoms with E-state index >= 15 is 0 Å². The SMILES string of the molecule is O=C1NC2(CCNCC2)C(=O)N1Cc1noc([C@H]2CCCO2)n1. The molecule has 0 saturated carbocycles. The van der Waals surface area contributed by atoms with E-state index in [0.29, 0.717) is 44.3 Å². The smallest absolute Gasteiger partial charge is 0.325 e. The van der Waals surface area contributed by atoms with E-state index in [1.165, 1.54) is 4.90 Å². The number of carbonyl (C=O) groups is 2. The fourth-order valence-electron chi connectivity index (χ4n) is 3.39. The van der Waals surface area contributed by atoms with Gasteiger partial charge < -0.3 is 19.9 Å². The number of carbonyl (C=O) groups excluding carboxylic acids is 2. The zero-order chi connectivity index (χ0) is 15.9. The van der Waals surface area contributed by atoms with Crippen LogP contribution in [-0.4, -0.2) is 52.2 Å². The Morgan fingerprint density at radius 1 is 1.30 bits per heavy atom. The third-order valence-electron chi connectivity index (χ3n) is 4.69. The normalized spacial score (nSPS) is 27.0. The molecule has 3 saturated heterocycles. The van der Waals surface area contributed by atoms with Gasteiger partial charge in [-0.3, -0.25) is 9.69 Å². The molecule has 23 heavy (non-hydrogen) atoms. The Kier molecular flexibility index (Phi) is 3.53. The van der Waals surface area contributed by atoms with Crippen molar-refractivity contribution < 1.29 is 18.8 Å². The quantitative estimate of drug-likeness (QED) is 0.760. The van der Waals surface area contributed by atoms with Crippen LogP contribution in [-0.2, 0) is 16.1 Å². The average molecular weight is 321 g/mol. The Morgan fingerprint density at radius 2 is 2.13 bits per heavy atom. The van der Waals surface area contributed by atoms with E-state index < -0.39 is 5.54 Å². The fraction of sp³-hybridized carbons (Fsp3) is 0.714. The maximum Gasteiger partial charge on any atom is 0.325 e. The molecule has 3 fully saturated rings. The third kappa shape index (κ3) is 2.49. The zero-order valence-corrected chi connectivity index (χ0v) is 12.7. The summed E-state index contributed by atoms with van der Waals surface area (Å²) in [5.41, 5.74) is -0.774. The average Bonchev–Trinajstić information content (AvgIpc) is 3.27. The van der Waals surface area contributed by atoms with E-state index in [9.17, 15) is 9.59 Å². The van der Waals surface area contributed by atoms with Crippen LogP contribution < -0.4 is 10.6 Å². The van der Waals surface area contributed by atoms with Gasteiger partial charge in [-0.15, -0.1) is 0 Å². The van der Waals surface area contributed by atoms with Gasteiger partial charge in [-0.1, -0.05) is 5.16 Å². The Hall–Kier alpha value is -2.00. The van der Waals surface area contributed by atoms with Crippen molar-refractivity contribution in [1.29, 1.82) is 0 Å². The lowest BCUT2D eigenvalue weighted by molar-refractivity contribution is -0.132. The first kappa shape index (κ1) is 14.6. The first-order valence-corrected chi connectivity index (χ1v) is 7.97. The Balaban J connectivity index is 1.48. The summed E-state index contributed by atoms with van der Waals surface area (Å²) in [5.74, 6) is 0.540. The lowest BCUT2D eigenvalue weighted by Crippen LogP contribution is -2.53. The van der Waals surface area contributed by atoms with Crippen molar-refractivity contribution in [1.82, 2.24) is 25.7 Å². The molecule has 0 aliphatic carbocycles. The number of urea groups is 1. The van der Waals surface area contributed by atoms with E-state index in [4.69, 9.17) is 9.26 Å². The molecule has 3 amide bonds. The molecule has 1 aromatic rings. The number of ether oxygens (including phenoxy) is 1. The molecule has 1 atom stereocenters. The van der Waals surface area contributed by atoms with Gasteiger partial charge in [0.15, 0.2) is 5.82 Å². The van der Waals surface area contributed by atoms with E-state index in [1.807, 2.05) is 0 Å². The van der Waals surface area contributed by atoms with E-state index in [0.717, 1.165) is 12.8 Å². The number of rotatable bonds is 3. The van der Waals surface area contributed by atoms with Crippen LogP contribution in [0.4, 0.5) is 4.79 Å². The molecule has 0 aromatic carbocycles. The Labute approximate surface area is 132 Å². The maximum atomic E-state index is 12.7. The predicted molar refractivity (Wildman–Crippen MR) is 76.1 cm³/mol. The van der Waals surface area contributed by atoms with Crippen LogP contribution in [0.5, 0.6) is 0 Å². The molecule has 0 radical (unpaired) electrons. The second-order valence-corrected chi connectivity index (χ2v) is 6.20. The van der Waals surface area contributed by atoms with Gasteiger partial charge in [-0.2, -0.15) is 4.98 Å². The molecule has 3 aliphatic heterocycles. The number of hydrogen-bond acceptors (Lipinski definition) is 7. The molecule has 4 heterocycles. The standard InChI is InChI=1S/C14H19N5O4/c20-12-14(3-5-15-6-4-14)17-13(21)19(12)8-10-16-11(23-18-10)9-2-1-7-22-9/h9,15H,1-8H2,(H,17,21)/t9-/m1/s1. The van der Waals surface area contributed by atoms with Crippen molar-refractivity contribution in [2.45, 2.75) is 43.9 Å². The molecule has 9 heteroatoms. The monoisotopic (exact) mass is 321 g/mol. The number of piperidine rings is 1. The molecule has 0 unspecified atom stereocenters. The minimum atomic E-state index is -0.774. The Morgan fingerprint density at radius 3 is 2.87 bits per heavy atom. The summed E-state index contributed by atoms with van der Waals surface area (Å²) in [6, 6.07) is -0.389. The summed E-state index contributed by atoms with van der Waals surface area (Å²) in [7, 11) is 0. The third-order valence-corrected chi connectivity index (χ3v) is 4.69. The maximum absolute atomic E-state index is 12.7. The van der Waals surface area contributed by atoms with Crippen LogP contribution >= 0.6 is 0 Å². The number of imide groups is 1. The van der Waals surface area contributed by atoms with Gasteiger partial charge in [0, 0.05) is 6.61 Å². The number of hydrogen-bond donors (Lipinski definition) is 2. The van der Waals surface area contributed by atoms with Crippen LogP contribution in [0.3, 0.4) is 0 Å². The van der Waals surface area contributed by atoms with Gasteiger partial charge in [0.05, 0.1) is 6.54 Å². The molecule has 3 aliphatic rings. The molecule has 4 rings (SSSR count). The number of aromatic nitrogens is 2. The van der Waals surface area contributed by atoms with Gasteiger partial charge in [0.1, 0.15) is 11.6 Å². The molecule has 1 aromatic heterocycles. The lowest BCUT2D eigenvalue weighted by Gasteiger charge is -2.30. The number of amides is 3. The van der Waals surface area contributed by atoms with Crippen molar-refractivity contribution in [3.63, 3.8) is 0 Å². The van der Waals surface area contributed by atoms with Crippen LogP contribution in [0.25, 0.3) is 0 Å². The highest BCUT2D eigenvalue weighted by atomic mass is 16.5. The molecule has 9 nitrogen and oxygen atoms in total. The van der Waals surface area contributed by atoms with Gasteiger partial charge in [0.2, 0.25) is 0 Å². The summed E-state index contributed by atoms with van der Waals surface area (Å²) < 4.78 is 10.7. The van der Waals surface area contributed by atoms with E-state index in [2.05, 4.69) is 20.8 Å². The van der Waals surface area contributed by atoms with Crippen molar-refractivity contribution in [3.8, 4) is 0 Å². The fourth-order valence-corrected chi connectivity index (χ4v) is 3.39. The summed E-state index contributed by atoms with van der Waals surface area (Å²) in [6.07, 6.45) is 2.84. The first-order chi connectivity index (χ1) is 11.2. The van der Waals surface area contributed by atoms with Crippen molar-refractivity contribution in [3.05, 3.63) is 11.7 Å². The molecule has 124 valence electrons. The highest BCUT2D eigenvalue weighted by molar-refractivity contribution is 6.07. The largest absolute Gasteiger partial charge is 0.368 e. The van der Waals surface area contributed by atoms with Crippen LogP contribution in [0.1, 0.15) is 43.5 Å². The van der Waals surface area contributed by atoms with E-state index in [1.54, 1.807) is 0 Å². The zero-order valence-electron chi connectivity index (χ0n) is 12.7. The van der Waals surface area contributed by atoms with Crippen LogP contribution in [0.2, 0.25) is 0 Å². The summed E-state index contributed by atoms with van der Waals surface area (Å²) in [4.78, 5) is 30.3. The highest BCUT2D eigenvalue weighted by Crippen LogP contribution is 2.29. The topological polar surface area (TPSA) is 110 Å². The summed E-state index contributed by atoms with van der Waals surface area (Å²) in [5, 5.41) is 9.91. The lowest BCUT2D eigenvalue weighted by atomic mass is 9.88. The molecular weight excluding hydrogens is 302 g/mol. The first-order valence-electron chi connectivity index (χ1n) is 7.97. The Bertz CT molecular complexity index is 618.